The molecular formula is C13H19N7O3. The number of carboxylic acids is 1. The van der Waals surface area contributed by atoms with Gasteiger partial charge in [-0.05, 0) is 12.8 Å². The first-order valence-corrected chi connectivity index (χ1v) is 7.30. The normalized spacial score (nSPS) is 19.7. The molecule has 1 saturated heterocycles. The van der Waals surface area contributed by atoms with Gasteiger partial charge in [0.2, 0.25) is 11.9 Å². The number of guanidine groups is 1. The third-order valence-electron chi connectivity index (χ3n) is 4.20. The summed E-state index contributed by atoms with van der Waals surface area (Å²) in [6.07, 6.45) is 1.09. The number of hydrogen-bond donors (Lipinski definition) is 2. The van der Waals surface area contributed by atoms with Crippen molar-refractivity contribution in [2.45, 2.75) is 18.4 Å². The second-order valence-corrected chi connectivity index (χ2v) is 5.97. The number of anilines is 1. The molecule has 0 atom stereocenters. The molecule has 2 aliphatic rings. The summed E-state index contributed by atoms with van der Waals surface area (Å²) in [7, 11) is 5.32. The Morgan fingerprint density at radius 3 is 2.48 bits per heavy atom. The number of hydrogen-bond acceptors (Lipinski definition) is 7. The highest BCUT2D eigenvalue weighted by molar-refractivity contribution is 6.07. The van der Waals surface area contributed by atoms with Crippen molar-refractivity contribution in [2.24, 2.45) is 12.0 Å². The maximum absolute atomic E-state index is 12.3. The number of carbonyl (C=O) groups excluding carboxylic acids is 1. The highest BCUT2D eigenvalue weighted by Crippen LogP contribution is 2.31. The number of aromatic nitrogens is 3. The monoisotopic (exact) mass is 321 g/mol. The summed E-state index contributed by atoms with van der Waals surface area (Å²) in [6, 6.07) is 0. The zero-order valence-electron chi connectivity index (χ0n) is 13.3. The molecule has 23 heavy (non-hydrogen) atoms. The highest BCUT2D eigenvalue weighted by atomic mass is 16.4. The van der Waals surface area contributed by atoms with E-state index in [1.54, 1.807) is 11.9 Å². The topological polar surface area (TPSA) is 116 Å². The average Bonchev–Trinajstić information content (AvgIpc) is 3.03. The number of carboxylic acid groups (broad SMARTS) is 1. The standard InChI is InChI=1S/C13H19N7O3/c1-18(2)11-15-10(23)13(16-11)4-6-20(7-5-13)12-14-8(9(21)22)17-19(12)3/h4-7H2,1-3H3,(H,21,22)(H,15,16,23). The van der Waals surface area contributed by atoms with Gasteiger partial charge in [-0.25, -0.2) is 14.5 Å². The van der Waals surface area contributed by atoms with Crippen LogP contribution in [-0.2, 0) is 11.8 Å². The Morgan fingerprint density at radius 1 is 1.35 bits per heavy atom. The maximum atomic E-state index is 12.3. The van der Waals surface area contributed by atoms with Gasteiger partial charge in [0.05, 0.1) is 0 Å². The lowest BCUT2D eigenvalue weighted by atomic mass is 9.88. The SMILES string of the molecule is CN(C)C1=NC2(CCN(c3nc(C(=O)O)nn3C)CC2)C(=O)N1. The molecule has 2 aliphatic heterocycles. The molecule has 0 aromatic carbocycles. The van der Waals surface area contributed by atoms with Crippen LogP contribution < -0.4 is 10.2 Å². The van der Waals surface area contributed by atoms with E-state index in [-0.39, 0.29) is 11.7 Å². The van der Waals surface area contributed by atoms with Crippen molar-refractivity contribution in [3.8, 4) is 0 Å². The maximum Gasteiger partial charge on any atom is 0.375 e. The molecule has 1 fully saturated rings. The minimum absolute atomic E-state index is 0.0787. The Kier molecular flexibility index (Phi) is 3.46. The Morgan fingerprint density at radius 2 is 2.00 bits per heavy atom. The predicted octanol–water partition coefficient (Wildman–Crippen LogP) is -1.10. The Balaban J connectivity index is 1.76. The molecule has 3 heterocycles. The van der Waals surface area contributed by atoms with Crippen LogP contribution >= 0.6 is 0 Å². The molecule has 124 valence electrons. The van der Waals surface area contributed by atoms with Crippen LogP contribution in [0.15, 0.2) is 4.99 Å². The van der Waals surface area contributed by atoms with E-state index in [1.807, 2.05) is 19.0 Å². The Hall–Kier alpha value is -2.65. The van der Waals surface area contributed by atoms with Gasteiger partial charge in [-0.1, -0.05) is 0 Å². The van der Waals surface area contributed by atoms with Crippen LogP contribution in [-0.4, -0.2) is 75.3 Å². The Labute approximate surface area is 132 Å². The summed E-state index contributed by atoms with van der Waals surface area (Å²) >= 11 is 0. The van der Waals surface area contributed by atoms with Crippen molar-refractivity contribution < 1.29 is 14.7 Å². The van der Waals surface area contributed by atoms with Gasteiger partial charge in [0.1, 0.15) is 5.54 Å². The van der Waals surface area contributed by atoms with Crippen molar-refractivity contribution in [1.82, 2.24) is 25.0 Å². The number of piperidine rings is 1. The van der Waals surface area contributed by atoms with E-state index < -0.39 is 11.5 Å². The summed E-state index contributed by atoms with van der Waals surface area (Å²) < 4.78 is 1.45. The fourth-order valence-electron chi connectivity index (χ4n) is 2.87. The molecule has 0 unspecified atom stereocenters. The van der Waals surface area contributed by atoms with Crippen molar-refractivity contribution >= 4 is 23.8 Å². The van der Waals surface area contributed by atoms with E-state index in [1.165, 1.54) is 4.68 Å². The van der Waals surface area contributed by atoms with Crippen LogP contribution in [0.4, 0.5) is 5.95 Å². The zero-order valence-corrected chi connectivity index (χ0v) is 13.3. The second kappa shape index (κ2) is 5.21. The lowest BCUT2D eigenvalue weighted by Gasteiger charge is -2.35. The van der Waals surface area contributed by atoms with Crippen LogP contribution in [0.2, 0.25) is 0 Å². The molecule has 0 aliphatic carbocycles. The van der Waals surface area contributed by atoms with Crippen LogP contribution in [0.1, 0.15) is 23.5 Å². The van der Waals surface area contributed by atoms with Gasteiger partial charge in [-0.3, -0.25) is 10.1 Å². The fourth-order valence-corrected chi connectivity index (χ4v) is 2.87. The number of aryl methyl sites for hydroxylation is 1. The molecule has 1 spiro atoms. The minimum atomic E-state index is -1.16. The van der Waals surface area contributed by atoms with Crippen molar-refractivity contribution in [1.29, 1.82) is 0 Å². The third kappa shape index (κ3) is 2.49. The molecule has 10 heteroatoms. The smallest absolute Gasteiger partial charge is 0.375 e. The van der Waals surface area contributed by atoms with Crippen LogP contribution in [0, 0.1) is 0 Å². The molecule has 1 aromatic rings. The van der Waals surface area contributed by atoms with Gasteiger partial charge in [0.25, 0.3) is 11.7 Å². The summed E-state index contributed by atoms with van der Waals surface area (Å²) in [5.41, 5.74) is -0.732. The summed E-state index contributed by atoms with van der Waals surface area (Å²) in [5.74, 6) is -0.391. The molecule has 1 amide bonds. The molecule has 1 aromatic heterocycles. The van der Waals surface area contributed by atoms with Crippen molar-refractivity contribution in [2.75, 3.05) is 32.1 Å². The summed E-state index contributed by atoms with van der Waals surface area (Å²) in [4.78, 5) is 35.6. The largest absolute Gasteiger partial charge is 0.475 e. The van der Waals surface area contributed by atoms with Crippen molar-refractivity contribution in [3.05, 3.63) is 5.82 Å². The molecular weight excluding hydrogens is 302 g/mol. The van der Waals surface area contributed by atoms with E-state index >= 15 is 0 Å². The zero-order chi connectivity index (χ0) is 16.8. The predicted molar refractivity (Wildman–Crippen MR) is 81.4 cm³/mol. The van der Waals surface area contributed by atoms with E-state index in [0.717, 1.165) is 0 Å². The van der Waals surface area contributed by atoms with E-state index in [2.05, 4.69) is 20.4 Å². The third-order valence-corrected chi connectivity index (χ3v) is 4.20. The fraction of sp³-hybridized carbons (Fsp3) is 0.615. The van der Waals surface area contributed by atoms with Gasteiger partial charge < -0.3 is 14.9 Å². The molecule has 0 bridgehead atoms. The number of amides is 1. The Bertz CT molecular complexity index is 686. The van der Waals surface area contributed by atoms with Crippen LogP contribution in [0.5, 0.6) is 0 Å². The van der Waals surface area contributed by atoms with Gasteiger partial charge in [-0.15, -0.1) is 5.10 Å². The van der Waals surface area contributed by atoms with Gasteiger partial charge in [0, 0.05) is 34.2 Å². The summed E-state index contributed by atoms with van der Waals surface area (Å²) in [5, 5.41) is 15.7. The second-order valence-electron chi connectivity index (χ2n) is 5.97. The minimum Gasteiger partial charge on any atom is -0.475 e. The molecule has 3 rings (SSSR count). The first kappa shape index (κ1) is 15.3. The molecule has 2 N–H and O–H groups in total. The molecule has 0 radical (unpaired) electrons. The van der Waals surface area contributed by atoms with Crippen molar-refractivity contribution in [3.63, 3.8) is 0 Å². The van der Waals surface area contributed by atoms with Gasteiger partial charge >= 0.3 is 5.97 Å². The van der Waals surface area contributed by atoms with Gasteiger partial charge in [0.15, 0.2) is 0 Å². The molecule has 10 nitrogen and oxygen atoms in total. The average molecular weight is 321 g/mol. The lowest BCUT2D eigenvalue weighted by Crippen LogP contribution is -2.49. The van der Waals surface area contributed by atoms with Crippen LogP contribution in [0.25, 0.3) is 0 Å². The summed E-state index contributed by atoms with van der Waals surface area (Å²) in [6.45, 7) is 1.12. The first-order chi connectivity index (χ1) is 10.8. The van der Waals surface area contributed by atoms with Gasteiger partial charge in [-0.2, -0.15) is 4.98 Å². The van der Waals surface area contributed by atoms with E-state index in [9.17, 15) is 9.59 Å². The van der Waals surface area contributed by atoms with E-state index in [4.69, 9.17) is 5.11 Å². The molecule has 0 saturated carbocycles. The highest BCUT2D eigenvalue weighted by Gasteiger charge is 2.46. The number of rotatable bonds is 2. The number of aromatic carboxylic acids is 1. The van der Waals surface area contributed by atoms with Crippen LogP contribution in [0.3, 0.4) is 0 Å². The first-order valence-electron chi connectivity index (χ1n) is 7.30. The lowest BCUT2D eigenvalue weighted by molar-refractivity contribution is -0.124. The number of nitrogens with one attached hydrogen (secondary N) is 1. The number of carbonyl (C=O) groups is 2. The number of nitrogens with zero attached hydrogens (tertiary/aromatic N) is 6. The number of aliphatic imine (C=N–C) groups is 1. The quantitative estimate of drug-likeness (QED) is 0.710. The van der Waals surface area contributed by atoms with E-state index in [0.29, 0.717) is 37.8 Å².